The van der Waals surface area contributed by atoms with Crippen molar-refractivity contribution in [2.45, 2.75) is 0 Å². The van der Waals surface area contributed by atoms with Crippen LogP contribution in [0.2, 0.25) is 0 Å². The molecule has 0 saturated carbocycles. The quantitative estimate of drug-likeness (QED) is 0.753. The van der Waals surface area contributed by atoms with Gasteiger partial charge in [-0.3, -0.25) is 4.99 Å². The Labute approximate surface area is 93.3 Å². The van der Waals surface area contributed by atoms with E-state index < -0.39 is 0 Å². The molecule has 0 saturated heterocycles. The van der Waals surface area contributed by atoms with Crippen LogP contribution in [0.5, 0.6) is 11.5 Å². The van der Waals surface area contributed by atoms with Crippen molar-refractivity contribution in [1.29, 1.82) is 0 Å². The Morgan fingerprint density at radius 3 is 2.06 bits per heavy atom. The molecule has 0 aromatic heterocycles. The van der Waals surface area contributed by atoms with Crippen LogP contribution >= 0.6 is 0 Å². The van der Waals surface area contributed by atoms with E-state index in [4.69, 9.17) is 0 Å². The minimum atomic E-state index is 0.0136. The van der Waals surface area contributed by atoms with Crippen LogP contribution in [0.3, 0.4) is 0 Å². The van der Waals surface area contributed by atoms with Crippen LogP contribution in [0.1, 0.15) is 5.56 Å². The summed E-state index contributed by atoms with van der Waals surface area (Å²) in [6, 6.07) is 13.9. The molecule has 0 bridgehead atoms. The van der Waals surface area contributed by atoms with Crippen molar-refractivity contribution in [3.05, 3.63) is 54.1 Å². The first kappa shape index (κ1) is 10.2. The number of para-hydroxylation sites is 1. The van der Waals surface area contributed by atoms with E-state index in [0.717, 1.165) is 5.69 Å². The maximum Gasteiger partial charge on any atom is 0.128 e. The van der Waals surface area contributed by atoms with Gasteiger partial charge >= 0.3 is 0 Å². The Bertz CT molecular complexity index is 486. The molecule has 0 heterocycles. The fraction of sp³-hybridized carbons (Fsp3) is 0. The first-order valence-electron chi connectivity index (χ1n) is 4.87. The highest BCUT2D eigenvalue weighted by Gasteiger charge is 2.02. The van der Waals surface area contributed by atoms with Crippen LogP contribution in [0.15, 0.2) is 53.5 Å². The van der Waals surface area contributed by atoms with Crippen molar-refractivity contribution in [3.63, 3.8) is 0 Å². The topological polar surface area (TPSA) is 52.8 Å². The summed E-state index contributed by atoms with van der Waals surface area (Å²) in [7, 11) is 0. The average molecular weight is 213 g/mol. The highest BCUT2D eigenvalue weighted by atomic mass is 16.3. The Morgan fingerprint density at radius 1 is 0.812 bits per heavy atom. The van der Waals surface area contributed by atoms with Crippen molar-refractivity contribution in [2.75, 3.05) is 0 Å². The minimum Gasteiger partial charge on any atom is -0.507 e. The molecular weight excluding hydrogens is 202 g/mol. The Kier molecular flexibility index (Phi) is 2.87. The molecule has 0 atom stereocenters. The lowest BCUT2D eigenvalue weighted by Gasteiger charge is -2.00. The molecular formula is C13H11NO2. The highest BCUT2D eigenvalue weighted by molar-refractivity contribution is 5.88. The van der Waals surface area contributed by atoms with E-state index in [2.05, 4.69) is 4.99 Å². The molecule has 16 heavy (non-hydrogen) atoms. The molecule has 0 spiro atoms. The van der Waals surface area contributed by atoms with E-state index >= 15 is 0 Å². The molecule has 3 heteroatoms. The van der Waals surface area contributed by atoms with Gasteiger partial charge < -0.3 is 10.2 Å². The average Bonchev–Trinajstić information content (AvgIpc) is 2.30. The maximum atomic E-state index is 9.52. The van der Waals surface area contributed by atoms with Gasteiger partial charge in [0.1, 0.15) is 11.5 Å². The van der Waals surface area contributed by atoms with Crippen LogP contribution in [0.4, 0.5) is 5.69 Å². The second-order valence-electron chi connectivity index (χ2n) is 3.30. The van der Waals surface area contributed by atoms with Gasteiger partial charge in [-0.2, -0.15) is 0 Å². The van der Waals surface area contributed by atoms with Gasteiger partial charge in [-0.25, -0.2) is 0 Å². The van der Waals surface area contributed by atoms with Crippen molar-refractivity contribution in [1.82, 2.24) is 0 Å². The molecule has 0 aliphatic carbocycles. The predicted octanol–water partition coefficient (Wildman–Crippen LogP) is 2.85. The lowest BCUT2D eigenvalue weighted by Crippen LogP contribution is -1.83. The standard InChI is InChI=1S/C13H11NO2/c15-12-7-4-8-13(16)11(12)9-14-10-5-2-1-3-6-10/h1-9,15-16H. The Morgan fingerprint density at radius 2 is 1.44 bits per heavy atom. The Balaban J connectivity index is 2.31. The molecule has 2 rings (SSSR count). The number of phenols is 2. The highest BCUT2D eigenvalue weighted by Crippen LogP contribution is 2.24. The molecule has 2 aromatic carbocycles. The number of nitrogens with zero attached hydrogens (tertiary/aromatic N) is 1. The molecule has 0 radical (unpaired) electrons. The summed E-state index contributed by atoms with van der Waals surface area (Å²) in [5.74, 6) is 0.0272. The number of aliphatic imine (C=N–C) groups is 1. The van der Waals surface area contributed by atoms with Crippen molar-refractivity contribution in [3.8, 4) is 11.5 Å². The zero-order valence-electron chi connectivity index (χ0n) is 8.54. The lowest BCUT2D eigenvalue weighted by molar-refractivity contribution is 0.449. The largest absolute Gasteiger partial charge is 0.507 e. The van der Waals surface area contributed by atoms with Gasteiger partial charge in [-0.15, -0.1) is 0 Å². The summed E-state index contributed by atoms with van der Waals surface area (Å²) < 4.78 is 0. The van der Waals surface area contributed by atoms with Crippen LogP contribution in [-0.2, 0) is 0 Å². The monoisotopic (exact) mass is 213 g/mol. The summed E-state index contributed by atoms with van der Waals surface area (Å²) in [6.07, 6.45) is 1.44. The molecule has 80 valence electrons. The van der Waals surface area contributed by atoms with Crippen LogP contribution in [-0.4, -0.2) is 16.4 Å². The summed E-state index contributed by atoms with van der Waals surface area (Å²) >= 11 is 0. The van der Waals surface area contributed by atoms with E-state index in [0.29, 0.717) is 5.56 Å². The number of phenolic OH excluding ortho intramolecular Hbond substituents is 2. The normalized spacial score (nSPS) is 10.8. The van der Waals surface area contributed by atoms with Crippen molar-refractivity contribution >= 4 is 11.9 Å². The molecule has 0 fully saturated rings. The Hall–Kier alpha value is -2.29. The van der Waals surface area contributed by atoms with Crippen LogP contribution < -0.4 is 0 Å². The molecule has 0 aliphatic heterocycles. The van der Waals surface area contributed by atoms with Crippen LogP contribution in [0.25, 0.3) is 0 Å². The zero-order valence-corrected chi connectivity index (χ0v) is 8.54. The third-order valence-corrected chi connectivity index (χ3v) is 2.16. The van der Waals surface area contributed by atoms with E-state index in [-0.39, 0.29) is 11.5 Å². The summed E-state index contributed by atoms with van der Waals surface area (Å²) in [6.45, 7) is 0. The van der Waals surface area contributed by atoms with Gasteiger partial charge in [0, 0.05) is 6.21 Å². The van der Waals surface area contributed by atoms with Crippen molar-refractivity contribution in [2.24, 2.45) is 4.99 Å². The van der Waals surface area contributed by atoms with Gasteiger partial charge in [-0.05, 0) is 24.3 Å². The first-order valence-corrected chi connectivity index (χ1v) is 4.87. The molecule has 2 N–H and O–H groups in total. The fourth-order valence-electron chi connectivity index (χ4n) is 1.33. The van der Waals surface area contributed by atoms with Crippen LogP contribution in [0, 0.1) is 0 Å². The summed E-state index contributed by atoms with van der Waals surface area (Å²) in [5, 5.41) is 19.0. The van der Waals surface area contributed by atoms with Gasteiger partial charge in [0.15, 0.2) is 0 Å². The minimum absolute atomic E-state index is 0.0136. The molecule has 0 aliphatic rings. The van der Waals surface area contributed by atoms with Gasteiger partial charge in [0.25, 0.3) is 0 Å². The van der Waals surface area contributed by atoms with E-state index in [1.54, 1.807) is 6.07 Å². The zero-order chi connectivity index (χ0) is 11.4. The molecule has 2 aromatic rings. The smallest absolute Gasteiger partial charge is 0.128 e. The third-order valence-electron chi connectivity index (χ3n) is 2.16. The predicted molar refractivity (Wildman–Crippen MR) is 63.5 cm³/mol. The molecule has 0 unspecified atom stereocenters. The van der Waals surface area contributed by atoms with Gasteiger partial charge in [0.05, 0.1) is 11.3 Å². The second-order valence-corrected chi connectivity index (χ2v) is 3.30. The van der Waals surface area contributed by atoms with E-state index in [9.17, 15) is 10.2 Å². The fourth-order valence-corrected chi connectivity index (χ4v) is 1.33. The third kappa shape index (κ3) is 2.20. The van der Waals surface area contributed by atoms with Gasteiger partial charge in [-0.1, -0.05) is 24.3 Å². The summed E-state index contributed by atoms with van der Waals surface area (Å²) in [5.41, 5.74) is 1.09. The number of hydrogen-bond donors (Lipinski definition) is 2. The number of hydrogen-bond acceptors (Lipinski definition) is 3. The number of benzene rings is 2. The van der Waals surface area contributed by atoms with E-state index in [1.807, 2.05) is 30.3 Å². The number of rotatable bonds is 2. The van der Waals surface area contributed by atoms with Crippen molar-refractivity contribution < 1.29 is 10.2 Å². The molecule has 0 amide bonds. The second kappa shape index (κ2) is 4.49. The SMILES string of the molecule is Oc1cccc(O)c1C=Nc1ccccc1. The lowest BCUT2D eigenvalue weighted by atomic mass is 10.2. The first-order chi connectivity index (χ1) is 7.77. The molecule has 3 nitrogen and oxygen atoms in total. The van der Waals surface area contributed by atoms with Gasteiger partial charge in [0.2, 0.25) is 0 Å². The maximum absolute atomic E-state index is 9.52. The van der Waals surface area contributed by atoms with E-state index in [1.165, 1.54) is 18.3 Å². The number of aromatic hydroxyl groups is 2. The summed E-state index contributed by atoms with van der Waals surface area (Å²) in [4.78, 5) is 4.15.